The van der Waals surface area contributed by atoms with Crippen molar-refractivity contribution in [2.45, 2.75) is 75.3 Å². The Bertz CT molecular complexity index is 1180. The monoisotopic (exact) mass is 573 g/mol. The van der Waals surface area contributed by atoms with E-state index in [1.54, 1.807) is 24.3 Å². The van der Waals surface area contributed by atoms with Gasteiger partial charge in [-0.25, -0.2) is 13.2 Å². The van der Waals surface area contributed by atoms with Crippen molar-refractivity contribution < 1.29 is 27.8 Å². The molecular weight excluding hydrogens is 530 g/mol. The zero-order valence-electron chi connectivity index (χ0n) is 23.7. The molecule has 220 valence electrons. The van der Waals surface area contributed by atoms with Gasteiger partial charge in [0, 0.05) is 32.7 Å². The van der Waals surface area contributed by atoms with Gasteiger partial charge in [-0.3, -0.25) is 0 Å². The number of rotatable bonds is 13. The van der Waals surface area contributed by atoms with Crippen molar-refractivity contribution in [2.24, 2.45) is 11.8 Å². The normalized spacial score (nSPS) is 22.3. The molecule has 0 radical (unpaired) electrons. The molecular formula is C30H43N3O6S. The first-order valence-electron chi connectivity index (χ1n) is 14.2. The lowest BCUT2D eigenvalue weighted by Crippen LogP contribution is -2.51. The molecule has 1 aliphatic heterocycles. The van der Waals surface area contributed by atoms with Crippen LogP contribution < -0.4 is 10.6 Å². The van der Waals surface area contributed by atoms with Gasteiger partial charge in [-0.15, -0.1) is 0 Å². The average Bonchev–Trinajstić information content (AvgIpc) is 3.51. The molecule has 0 bridgehead atoms. The number of nitrogens with zero attached hydrogens (tertiary/aromatic N) is 1. The molecule has 2 fully saturated rings. The quantitative estimate of drug-likeness (QED) is 0.337. The first-order valence-corrected chi connectivity index (χ1v) is 15.6. The molecule has 2 aromatic carbocycles. The number of hydrogen-bond donors (Lipinski definition) is 3. The maximum Gasteiger partial charge on any atom is 0.407 e. The minimum absolute atomic E-state index is 0.0278. The number of aliphatic hydroxyl groups is 1. The van der Waals surface area contributed by atoms with Gasteiger partial charge in [-0.2, -0.15) is 4.31 Å². The molecule has 1 aliphatic carbocycles. The predicted octanol–water partition coefficient (Wildman–Crippen LogP) is 3.32. The summed E-state index contributed by atoms with van der Waals surface area (Å²) >= 11 is 0. The molecule has 3 N–H and O–H groups in total. The second-order valence-corrected chi connectivity index (χ2v) is 13.3. The Hall–Kier alpha value is -2.50. The predicted molar refractivity (Wildman–Crippen MR) is 153 cm³/mol. The van der Waals surface area contributed by atoms with Crippen LogP contribution >= 0.6 is 0 Å². The first kappa shape index (κ1) is 30.5. The number of ether oxygens (including phenoxy) is 2. The molecule has 5 atom stereocenters. The van der Waals surface area contributed by atoms with Crippen LogP contribution in [-0.2, 0) is 32.5 Å². The van der Waals surface area contributed by atoms with E-state index in [0.717, 1.165) is 30.6 Å². The number of alkyl carbamates (subject to hydrolysis) is 1. The number of carbonyl (C=O) groups is 1. The van der Waals surface area contributed by atoms with Crippen LogP contribution in [0.2, 0.25) is 0 Å². The molecule has 0 aromatic heterocycles. The minimum atomic E-state index is -3.89. The summed E-state index contributed by atoms with van der Waals surface area (Å²) in [5.41, 5.74) is 1.88. The Morgan fingerprint density at radius 2 is 1.80 bits per heavy atom. The lowest BCUT2D eigenvalue weighted by molar-refractivity contribution is 0.0554. The largest absolute Gasteiger partial charge is 0.446 e. The van der Waals surface area contributed by atoms with Crippen molar-refractivity contribution in [2.75, 3.05) is 26.7 Å². The third-order valence-corrected chi connectivity index (χ3v) is 9.49. The number of amides is 1. The Morgan fingerprint density at radius 1 is 1.07 bits per heavy atom. The minimum Gasteiger partial charge on any atom is -0.446 e. The fraction of sp³-hybridized carbons (Fsp3) is 0.567. The highest BCUT2D eigenvalue weighted by molar-refractivity contribution is 7.89. The molecule has 1 heterocycles. The fourth-order valence-electron chi connectivity index (χ4n) is 5.65. The van der Waals surface area contributed by atoms with Gasteiger partial charge >= 0.3 is 6.09 Å². The highest BCUT2D eigenvalue weighted by Gasteiger charge is 2.40. The molecule has 40 heavy (non-hydrogen) atoms. The van der Waals surface area contributed by atoms with Crippen molar-refractivity contribution in [1.29, 1.82) is 0 Å². The van der Waals surface area contributed by atoms with Crippen LogP contribution in [0.3, 0.4) is 0 Å². The summed E-state index contributed by atoms with van der Waals surface area (Å²) < 4.78 is 40.1. The Balaban J connectivity index is 1.49. The van der Waals surface area contributed by atoms with E-state index in [-0.39, 0.29) is 36.1 Å². The Kier molecular flexibility index (Phi) is 10.6. The summed E-state index contributed by atoms with van der Waals surface area (Å²) in [5, 5.41) is 17.3. The molecule has 2 aromatic rings. The van der Waals surface area contributed by atoms with Crippen LogP contribution in [0.1, 0.15) is 44.2 Å². The molecule has 9 nitrogen and oxygen atoms in total. The Labute approximate surface area is 238 Å². The molecule has 1 saturated carbocycles. The van der Waals surface area contributed by atoms with Crippen molar-refractivity contribution in [1.82, 2.24) is 14.9 Å². The summed E-state index contributed by atoms with van der Waals surface area (Å²) in [7, 11) is -2.06. The molecule has 10 heteroatoms. The van der Waals surface area contributed by atoms with Crippen LogP contribution in [0.4, 0.5) is 4.79 Å². The van der Waals surface area contributed by atoms with E-state index in [4.69, 9.17) is 9.47 Å². The highest BCUT2D eigenvalue weighted by atomic mass is 32.2. The van der Waals surface area contributed by atoms with Crippen molar-refractivity contribution >= 4 is 16.1 Å². The van der Waals surface area contributed by atoms with Gasteiger partial charge in [-0.05, 0) is 61.4 Å². The van der Waals surface area contributed by atoms with Gasteiger partial charge in [0.2, 0.25) is 10.0 Å². The van der Waals surface area contributed by atoms with Crippen LogP contribution in [0.5, 0.6) is 0 Å². The molecule has 2 aliphatic rings. The molecule has 1 saturated heterocycles. The second kappa shape index (κ2) is 13.9. The van der Waals surface area contributed by atoms with Crippen LogP contribution in [0, 0.1) is 11.8 Å². The maximum absolute atomic E-state index is 13.7. The van der Waals surface area contributed by atoms with Crippen molar-refractivity contribution in [3.63, 3.8) is 0 Å². The van der Waals surface area contributed by atoms with Crippen molar-refractivity contribution in [3.8, 4) is 0 Å². The standard InChI is InChI=1S/C30H43N3O6S/c1-21(2)19-33(40(36,37)26-11-9-23(10-12-26)18-31-3)20-28(34)27(15-22-7-5-4-6-8-22)32-30(35)39-25-16-24-13-14-38-29(24)17-25/h4-12,21,24-25,27-29,31,34H,13-20H2,1-3H3,(H,32,35)/t24?,25-,27+,28-,29-/m1/s1. The van der Waals surface area contributed by atoms with Crippen LogP contribution in [0.15, 0.2) is 59.5 Å². The molecule has 0 spiro atoms. The summed E-state index contributed by atoms with van der Waals surface area (Å²) in [5.74, 6) is 0.450. The summed E-state index contributed by atoms with van der Waals surface area (Å²) in [4.78, 5) is 13.1. The lowest BCUT2D eigenvalue weighted by Gasteiger charge is -2.31. The van der Waals surface area contributed by atoms with Crippen molar-refractivity contribution in [3.05, 3.63) is 65.7 Å². The number of hydrogen-bond acceptors (Lipinski definition) is 7. The van der Waals surface area contributed by atoms with Gasteiger partial charge in [-0.1, -0.05) is 56.3 Å². The van der Waals surface area contributed by atoms with Gasteiger partial charge in [0.05, 0.1) is 23.1 Å². The van der Waals surface area contributed by atoms with E-state index in [2.05, 4.69) is 10.6 Å². The lowest BCUT2D eigenvalue weighted by atomic mass is 10.0. The van der Waals surface area contributed by atoms with E-state index in [9.17, 15) is 18.3 Å². The van der Waals surface area contributed by atoms with Gasteiger partial charge < -0.3 is 25.2 Å². The van der Waals surface area contributed by atoms with Gasteiger partial charge in [0.1, 0.15) is 6.10 Å². The number of benzene rings is 2. The SMILES string of the molecule is CNCc1ccc(S(=O)(=O)N(CC(C)C)C[C@@H](O)[C@H](Cc2ccccc2)NC(=O)O[C@@H]2CC3CCO[C@@H]3C2)cc1. The van der Waals surface area contributed by atoms with E-state index in [0.29, 0.717) is 25.3 Å². The topological polar surface area (TPSA) is 117 Å². The summed E-state index contributed by atoms with van der Waals surface area (Å²) in [6.45, 7) is 5.32. The number of fused-ring (bicyclic) bond motifs is 1. The van der Waals surface area contributed by atoms with E-state index < -0.39 is 28.3 Å². The van der Waals surface area contributed by atoms with E-state index >= 15 is 0 Å². The molecule has 4 rings (SSSR count). The number of aliphatic hydroxyl groups excluding tert-OH is 1. The molecule has 1 amide bonds. The van der Waals surface area contributed by atoms with E-state index in [1.165, 1.54) is 4.31 Å². The number of nitrogens with one attached hydrogen (secondary N) is 2. The second-order valence-electron chi connectivity index (χ2n) is 11.4. The first-order chi connectivity index (χ1) is 19.2. The summed E-state index contributed by atoms with van der Waals surface area (Å²) in [6.07, 6.45) is 0.901. The third kappa shape index (κ3) is 8.04. The van der Waals surface area contributed by atoms with Crippen LogP contribution in [-0.4, -0.2) is 75.0 Å². The zero-order valence-corrected chi connectivity index (χ0v) is 24.5. The van der Waals surface area contributed by atoms with Gasteiger partial charge in [0.15, 0.2) is 0 Å². The smallest absolute Gasteiger partial charge is 0.407 e. The van der Waals surface area contributed by atoms with Crippen LogP contribution in [0.25, 0.3) is 0 Å². The third-order valence-electron chi connectivity index (χ3n) is 7.65. The number of sulfonamides is 1. The molecule has 1 unspecified atom stereocenters. The summed E-state index contributed by atoms with van der Waals surface area (Å²) in [6, 6.07) is 15.5. The van der Waals surface area contributed by atoms with E-state index in [1.807, 2.05) is 51.2 Å². The number of carbonyl (C=O) groups excluding carboxylic acids is 1. The Morgan fingerprint density at radius 3 is 2.45 bits per heavy atom. The highest BCUT2D eigenvalue weighted by Crippen LogP contribution is 2.37. The average molecular weight is 574 g/mol. The zero-order chi connectivity index (χ0) is 28.7. The van der Waals surface area contributed by atoms with Gasteiger partial charge in [0.25, 0.3) is 0 Å². The fourth-order valence-corrected chi connectivity index (χ4v) is 7.27. The maximum atomic E-state index is 13.7.